The molecule has 1 unspecified atom stereocenters. The van der Waals surface area contributed by atoms with Crippen molar-refractivity contribution in [2.75, 3.05) is 19.0 Å². The van der Waals surface area contributed by atoms with E-state index in [0.717, 1.165) is 11.8 Å². The van der Waals surface area contributed by atoms with Crippen molar-refractivity contribution < 1.29 is 32.7 Å². The van der Waals surface area contributed by atoms with E-state index in [1.54, 1.807) is 34.6 Å². The van der Waals surface area contributed by atoms with Gasteiger partial charge >= 0.3 is 19.4 Å². The van der Waals surface area contributed by atoms with Gasteiger partial charge in [0.15, 0.2) is 11.3 Å². The van der Waals surface area contributed by atoms with Gasteiger partial charge in [-0.3, -0.25) is 33.0 Å². The summed E-state index contributed by atoms with van der Waals surface area (Å²) in [5.41, 5.74) is 4.62. The average molecular weight is 593 g/mol. The third kappa shape index (κ3) is 9.66. The molecule has 1 fully saturated rings. The van der Waals surface area contributed by atoms with Crippen LogP contribution in [0.3, 0.4) is 0 Å². The van der Waals surface area contributed by atoms with Gasteiger partial charge in [0.25, 0.3) is 5.56 Å². The summed E-state index contributed by atoms with van der Waals surface area (Å²) < 4.78 is 37.4. The number of nitrogens with zero attached hydrogens (tertiary/aromatic N) is 1. The van der Waals surface area contributed by atoms with E-state index in [1.165, 1.54) is 23.8 Å². The van der Waals surface area contributed by atoms with Crippen molar-refractivity contribution in [3.05, 3.63) is 33.1 Å². The molecule has 15 heteroatoms. The summed E-state index contributed by atoms with van der Waals surface area (Å²) in [6.45, 7) is 11.8. The van der Waals surface area contributed by atoms with Gasteiger partial charge in [0.2, 0.25) is 0 Å². The Balaban J connectivity index is 2.15. The number of nitrogens with one attached hydrogen (secondary N) is 2. The second-order valence-corrected chi connectivity index (χ2v) is 13.4. The quantitative estimate of drug-likeness (QED) is 0.173. The molecule has 0 radical (unpaired) electrons. The second kappa shape index (κ2) is 14.2. The fourth-order valence-corrected chi connectivity index (χ4v) is 6.21. The number of aromatic nitrogens is 2. The molecule has 1 aromatic heterocycles. The van der Waals surface area contributed by atoms with Gasteiger partial charge in [-0.25, -0.2) is 14.4 Å². The van der Waals surface area contributed by atoms with Crippen LogP contribution in [0.1, 0.15) is 61.1 Å². The molecule has 1 aliphatic rings. The highest BCUT2D eigenvalue weighted by atomic mass is 32.2. The minimum absolute atomic E-state index is 0.0497. The van der Waals surface area contributed by atoms with Gasteiger partial charge < -0.3 is 15.2 Å². The summed E-state index contributed by atoms with van der Waals surface area (Å²) in [5.74, 6) is -0.710. The molecule has 2 rings (SSSR count). The molecule has 1 aromatic rings. The number of hydrogen-bond acceptors (Lipinski definition) is 11. The summed E-state index contributed by atoms with van der Waals surface area (Å²) in [5, 5.41) is 2.55. The number of carbonyl (C=O) groups is 2. The van der Waals surface area contributed by atoms with Crippen LogP contribution in [0.4, 0.5) is 0 Å². The topological polar surface area (TPSA) is 181 Å². The zero-order valence-corrected chi connectivity index (χ0v) is 25.2. The first-order chi connectivity index (χ1) is 18.1. The van der Waals surface area contributed by atoms with Gasteiger partial charge in [0.1, 0.15) is 6.04 Å². The lowest BCUT2D eigenvalue weighted by Gasteiger charge is -2.25. The number of esters is 1. The first-order valence-corrected chi connectivity index (χ1v) is 15.4. The molecule has 0 spiro atoms. The van der Waals surface area contributed by atoms with Crippen LogP contribution in [-0.4, -0.2) is 63.9 Å². The Morgan fingerprint density at radius 1 is 1.26 bits per heavy atom. The smallest absolute Gasteiger partial charge is 0.406 e. The highest BCUT2D eigenvalue weighted by Gasteiger charge is 2.44. The third-order valence-electron chi connectivity index (χ3n) is 5.87. The number of aromatic amines is 1. The van der Waals surface area contributed by atoms with E-state index in [-0.39, 0.29) is 36.1 Å². The van der Waals surface area contributed by atoms with Crippen LogP contribution in [0, 0.1) is 11.3 Å². The van der Waals surface area contributed by atoms with Gasteiger partial charge in [-0.15, -0.1) is 0 Å². The molecule has 4 N–H and O–H groups in total. The molecule has 0 bridgehead atoms. The molecule has 2 heterocycles. The van der Waals surface area contributed by atoms with Crippen molar-refractivity contribution in [2.24, 2.45) is 17.1 Å². The Morgan fingerprint density at radius 3 is 2.49 bits per heavy atom. The molecule has 13 nitrogen and oxygen atoms in total. The molecular weight excluding hydrogens is 551 g/mol. The molecule has 0 amide bonds. The molecular formula is C24H41N4O9PS. The van der Waals surface area contributed by atoms with Crippen molar-refractivity contribution in [3.63, 3.8) is 0 Å². The third-order valence-corrected chi connectivity index (χ3v) is 8.83. The summed E-state index contributed by atoms with van der Waals surface area (Å²) in [4.78, 5) is 50.5. The second-order valence-electron chi connectivity index (χ2n) is 10.6. The number of ether oxygens (including phenoxy) is 2. The predicted molar refractivity (Wildman–Crippen MR) is 147 cm³/mol. The molecule has 1 aliphatic heterocycles. The van der Waals surface area contributed by atoms with E-state index in [9.17, 15) is 23.7 Å². The van der Waals surface area contributed by atoms with Gasteiger partial charge in [-0.2, -0.15) is 0 Å². The molecule has 1 saturated heterocycles. The molecule has 222 valence electrons. The van der Waals surface area contributed by atoms with Crippen LogP contribution < -0.4 is 22.1 Å². The van der Waals surface area contributed by atoms with Crippen LogP contribution in [0.15, 0.2) is 21.9 Å². The zero-order chi connectivity index (χ0) is 29.5. The lowest BCUT2D eigenvalue weighted by molar-refractivity contribution is -0.149. The standard InChI is InChI=1S/C24H41N4O9PS/c1-8-16-17(37-20(19(16)25)28-10-9-18(29)26-23(28)32)13-35-38(33,27-15(4)21(30)36-14(2)3)34-11-12-39-22(31)24(5,6)7/h9-10,14-17,19-20H,8,11-13,25H2,1-7H3,(H,27,33)(H,26,29,32)/t15-,16+,17+,19+,20+,38?/m0/s1. The molecule has 0 aliphatic carbocycles. The maximum Gasteiger partial charge on any atom is 0.406 e. The summed E-state index contributed by atoms with van der Waals surface area (Å²) >= 11 is 1.05. The maximum absolute atomic E-state index is 13.7. The van der Waals surface area contributed by atoms with Crippen molar-refractivity contribution in [2.45, 2.75) is 85.4 Å². The average Bonchev–Trinajstić information content (AvgIpc) is 3.14. The number of hydrogen-bond donors (Lipinski definition) is 3. The summed E-state index contributed by atoms with van der Waals surface area (Å²) in [7, 11) is -4.10. The molecule has 0 saturated carbocycles. The van der Waals surface area contributed by atoms with Crippen LogP contribution in [-0.2, 0) is 32.7 Å². The SMILES string of the molecule is CC[C@H]1[C@@H](N)[C@H](n2ccc(=O)[nH]c2=O)O[C@@H]1COP(=O)(N[C@@H](C)C(=O)OC(C)C)OCCSC(=O)C(C)(C)C. The van der Waals surface area contributed by atoms with Crippen molar-refractivity contribution in [3.8, 4) is 0 Å². The lowest BCUT2D eigenvalue weighted by Crippen LogP contribution is -2.40. The van der Waals surface area contributed by atoms with Crippen molar-refractivity contribution in [1.82, 2.24) is 14.6 Å². The highest BCUT2D eigenvalue weighted by Crippen LogP contribution is 2.46. The van der Waals surface area contributed by atoms with Gasteiger partial charge in [0.05, 0.1) is 31.5 Å². The highest BCUT2D eigenvalue weighted by molar-refractivity contribution is 8.13. The number of rotatable bonds is 13. The number of nitrogens with two attached hydrogens (primary N) is 1. The number of thioether (sulfide) groups is 1. The zero-order valence-electron chi connectivity index (χ0n) is 23.5. The van der Waals surface area contributed by atoms with Crippen LogP contribution in [0.5, 0.6) is 0 Å². The molecule has 39 heavy (non-hydrogen) atoms. The molecule has 6 atom stereocenters. The Labute approximate surface area is 232 Å². The van der Waals surface area contributed by atoms with E-state index < -0.39 is 54.8 Å². The van der Waals surface area contributed by atoms with E-state index in [4.69, 9.17) is 24.3 Å². The van der Waals surface area contributed by atoms with Crippen molar-refractivity contribution in [1.29, 1.82) is 0 Å². The monoisotopic (exact) mass is 592 g/mol. The minimum atomic E-state index is -4.10. The lowest BCUT2D eigenvalue weighted by atomic mass is 9.94. The Kier molecular flexibility index (Phi) is 12.2. The Bertz CT molecular complexity index is 1150. The van der Waals surface area contributed by atoms with Crippen molar-refractivity contribution >= 4 is 30.6 Å². The first kappa shape index (κ1) is 33.4. The maximum atomic E-state index is 13.7. The number of carbonyl (C=O) groups excluding carboxylic acids is 2. The predicted octanol–water partition coefficient (Wildman–Crippen LogP) is 2.16. The molecule has 0 aromatic carbocycles. The largest absolute Gasteiger partial charge is 0.462 e. The number of H-pyrrole nitrogens is 1. The Hall–Kier alpha value is -1.80. The van der Waals surface area contributed by atoms with Gasteiger partial charge in [-0.05, 0) is 27.2 Å². The van der Waals surface area contributed by atoms with E-state index >= 15 is 0 Å². The fourth-order valence-electron chi connectivity index (χ4n) is 3.82. The van der Waals surface area contributed by atoms with E-state index in [1.807, 2.05) is 6.92 Å². The van der Waals surface area contributed by atoms with E-state index in [0.29, 0.717) is 6.42 Å². The summed E-state index contributed by atoms with van der Waals surface area (Å²) in [6.07, 6.45) is -0.0844. The van der Waals surface area contributed by atoms with E-state index in [2.05, 4.69) is 10.1 Å². The summed E-state index contributed by atoms with van der Waals surface area (Å²) in [6, 6.07) is -0.461. The fraction of sp³-hybridized carbons (Fsp3) is 0.750. The van der Waals surface area contributed by atoms with Crippen LogP contribution >= 0.6 is 19.5 Å². The Morgan fingerprint density at radius 2 is 1.92 bits per heavy atom. The van der Waals surface area contributed by atoms with Gasteiger partial charge in [-0.1, -0.05) is 39.5 Å². The van der Waals surface area contributed by atoms with Crippen LogP contribution in [0.2, 0.25) is 0 Å². The minimum Gasteiger partial charge on any atom is -0.462 e. The normalized spacial score (nSPS) is 23.9. The van der Waals surface area contributed by atoms with Gasteiger partial charge in [0, 0.05) is 29.3 Å². The van der Waals surface area contributed by atoms with Crippen LogP contribution in [0.25, 0.3) is 0 Å². The first-order valence-electron chi connectivity index (χ1n) is 12.8.